The Hall–Kier alpha value is -2.95. The third kappa shape index (κ3) is 4.47. The van der Waals surface area contributed by atoms with Gasteiger partial charge in [-0.25, -0.2) is 11.4 Å². The van der Waals surface area contributed by atoms with E-state index >= 15 is 0 Å². The largest absolute Gasteiger partial charge is 0.497 e. The molecule has 0 aromatic heterocycles. The van der Waals surface area contributed by atoms with Gasteiger partial charge in [0.25, 0.3) is 5.54 Å². The highest BCUT2D eigenvalue weighted by atomic mass is 16.6. The highest BCUT2D eigenvalue weighted by molar-refractivity contribution is 5.70. The predicted molar refractivity (Wildman–Crippen MR) is 105 cm³/mol. The first kappa shape index (κ1) is 21.4. The molecule has 7 heteroatoms. The summed E-state index contributed by atoms with van der Waals surface area (Å²) in [6.45, 7) is 14.6. The molecule has 0 aliphatic heterocycles. The number of carbonyl (C=O) groups is 1. The molecule has 1 aliphatic carbocycles. The van der Waals surface area contributed by atoms with Gasteiger partial charge in [0.15, 0.2) is 0 Å². The van der Waals surface area contributed by atoms with Gasteiger partial charge < -0.3 is 24.5 Å². The number of aliphatic imine (C=N–C) groups is 1. The van der Waals surface area contributed by atoms with Gasteiger partial charge in [-0.15, -0.1) is 0 Å². The summed E-state index contributed by atoms with van der Waals surface area (Å²) < 4.78 is 10.5. The second-order valence-corrected chi connectivity index (χ2v) is 6.57. The first-order chi connectivity index (χ1) is 13.4. The molecule has 1 unspecified atom stereocenters. The van der Waals surface area contributed by atoms with Crippen molar-refractivity contribution in [2.45, 2.75) is 30.6 Å². The van der Waals surface area contributed by atoms with Gasteiger partial charge in [0.05, 0.1) is 25.6 Å². The van der Waals surface area contributed by atoms with E-state index in [1.807, 2.05) is 12.1 Å². The van der Waals surface area contributed by atoms with Crippen LogP contribution >= 0.6 is 0 Å². The number of aliphatic hydroxyl groups is 2. The van der Waals surface area contributed by atoms with Crippen molar-refractivity contribution in [3.63, 3.8) is 0 Å². The Morgan fingerprint density at radius 3 is 2.61 bits per heavy atom. The standard InChI is InChI=1S/C21H24N2O5/c1-14(22-2)21(23-3,12-15-5-8-17(27-4)9-6-15)18-11-16(25)7-10-19(18)28-20(26)13-24/h5-10,16,18-19,24-25H,1-2,11-13H2,4H3/t16-,18-,19-,21?/m0/s1. The highest BCUT2D eigenvalue weighted by Gasteiger charge is 2.54. The number of carbonyl (C=O) groups excluding carboxylic acids is 1. The number of methoxy groups -OCH3 is 1. The van der Waals surface area contributed by atoms with E-state index in [1.54, 1.807) is 19.2 Å². The van der Waals surface area contributed by atoms with Crippen LogP contribution in [0.2, 0.25) is 0 Å². The second-order valence-electron chi connectivity index (χ2n) is 6.57. The molecule has 0 saturated carbocycles. The molecular weight excluding hydrogens is 360 g/mol. The van der Waals surface area contributed by atoms with E-state index < -0.39 is 36.2 Å². The SMILES string of the molecule is [C-]#[N+]C(Cc1ccc(OC)cc1)(C(=C)N=C)[C@H]1C[C@@H](O)C=C[C@@H]1OC(=O)CO. The summed E-state index contributed by atoms with van der Waals surface area (Å²) in [5, 5.41) is 19.2. The molecule has 2 rings (SSSR count). The van der Waals surface area contributed by atoms with Crippen LogP contribution in [0.5, 0.6) is 5.75 Å². The van der Waals surface area contributed by atoms with Crippen molar-refractivity contribution >= 4 is 12.7 Å². The molecule has 28 heavy (non-hydrogen) atoms. The van der Waals surface area contributed by atoms with Crippen molar-refractivity contribution in [2.75, 3.05) is 13.7 Å². The molecule has 7 nitrogen and oxygen atoms in total. The fourth-order valence-electron chi connectivity index (χ4n) is 3.45. The number of aliphatic hydroxyl groups excluding tert-OH is 2. The summed E-state index contributed by atoms with van der Waals surface area (Å²) in [4.78, 5) is 19.4. The van der Waals surface area contributed by atoms with Gasteiger partial charge in [-0.2, -0.15) is 0 Å². The first-order valence-electron chi connectivity index (χ1n) is 8.74. The molecule has 1 aliphatic rings. The summed E-state index contributed by atoms with van der Waals surface area (Å²) >= 11 is 0. The number of hydrogen-bond acceptors (Lipinski definition) is 6. The lowest BCUT2D eigenvalue weighted by atomic mass is 9.70. The van der Waals surface area contributed by atoms with Gasteiger partial charge in [-0.3, -0.25) is 4.99 Å². The van der Waals surface area contributed by atoms with Crippen LogP contribution in [0.25, 0.3) is 4.85 Å². The molecule has 0 saturated heterocycles. The number of benzene rings is 1. The lowest BCUT2D eigenvalue weighted by Crippen LogP contribution is -2.48. The van der Waals surface area contributed by atoms with Crippen LogP contribution in [0, 0.1) is 12.5 Å². The van der Waals surface area contributed by atoms with Crippen LogP contribution in [-0.4, -0.2) is 54.4 Å². The Morgan fingerprint density at radius 1 is 1.39 bits per heavy atom. The molecule has 4 atom stereocenters. The van der Waals surface area contributed by atoms with E-state index in [0.717, 1.165) is 5.56 Å². The maximum atomic E-state index is 11.7. The minimum absolute atomic E-state index is 0.174. The molecular formula is C21H24N2O5. The minimum Gasteiger partial charge on any atom is -0.497 e. The smallest absolute Gasteiger partial charge is 0.332 e. The second kappa shape index (κ2) is 9.31. The molecule has 1 aromatic rings. The van der Waals surface area contributed by atoms with Crippen LogP contribution in [0.3, 0.4) is 0 Å². The molecule has 1 aromatic carbocycles. The van der Waals surface area contributed by atoms with Crippen molar-refractivity contribution in [1.29, 1.82) is 0 Å². The van der Waals surface area contributed by atoms with Crippen molar-refractivity contribution in [1.82, 2.24) is 0 Å². The fourth-order valence-corrected chi connectivity index (χ4v) is 3.45. The lowest BCUT2D eigenvalue weighted by molar-refractivity contribution is -0.154. The molecule has 0 spiro atoms. The number of esters is 1. The Labute approximate surface area is 164 Å². The van der Waals surface area contributed by atoms with Gasteiger partial charge in [0.1, 0.15) is 24.2 Å². The number of hydrogen-bond donors (Lipinski definition) is 2. The third-order valence-corrected chi connectivity index (χ3v) is 4.95. The molecule has 0 amide bonds. The minimum atomic E-state index is -1.29. The van der Waals surface area contributed by atoms with Crippen LogP contribution in [0.1, 0.15) is 12.0 Å². The number of rotatable bonds is 8. The van der Waals surface area contributed by atoms with E-state index in [4.69, 9.17) is 21.2 Å². The van der Waals surface area contributed by atoms with Crippen molar-refractivity contribution in [2.24, 2.45) is 10.9 Å². The Morgan fingerprint density at radius 2 is 2.07 bits per heavy atom. The summed E-state index contributed by atoms with van der Waals surface area (Å²) in [5.41, 5.74) is -0.226. The van der Waals surface area contributed by atoms with E-state index in [1.165, 1.54) is 12.2 Å². The van der Waals surface area contributed by atoms with Crippen LogP contribution in [-0.2, 0) is 16.0 Å². The zero-order valence-electron chi connectivity index (χ0n) is 15.7. The topological polar surface area (TPSA) is 92.7 Å². The Bertz CT molecular complexity index is 796. The van der Waals surface area contributed by atoms with E-state index in [9.17, 15) is 9.90 Å². The molecule has 148 valence electrons. The normalized spacial score (nSPS) is 23.1. The van der Waals surface area contributed by atoms with Crippen molar-refractivity contribution in [3.8, 4) is 5.75 Å². The van der Waals surface area contributed by atoms with Gasteiger partial charge in [-0.1, -0.05) is 24.8 Å². The van der Waals surface area contributed by atoms with Crippen molar-refractivity contribution in [3.05, 3.63) is 65.7 Å². The first-order valence-corrected chi connectivity index (χ1v) is 8.74. The monoisotopic (exact) mass is 384 g/mol. The zero-order chi connectivity index (χ0) is 20.7. The van der Waals surface area contributed by atoms with Crippen LogP contribution < -0.4 is 4.74 Å². The maximum Gasteiger partial charge on any atom is 0.332 e. The predicted octanol–water partition coefficient (Wildman–Crippen LogP) is 1.95. The molecule has 2 N–H and O–H groups in total. The summed E-state index contributed by atoms with van der Waals surface area (Å²) in [6, 6.07) is 7.23. The van der Waals surface area contributed by atoms with E-state index in [2.05, 4.69) is 23.1 Å². The molecule has 0 bridgehead atoms. The summed E-state index contributed by atoms with van der Waals surface area (Å²) in [5.74, 6) is -0.749. The highest BCUT2D eigenvalue weighted by Crippen LogP contribution is 2.42. The number of ether oxygens (including phenoxy) is 2. The van der Waals surface area contributed by atoms with E-state index in [0.29, 0.717) is 5.75 Å². The Balaban J connectivity index is 2.48. The molecule has 0 fully saturated rings. The lowest BCUT2D eigenvalue weighted by Gasteiger charge is -2.37. The third-order valence-electron chi connectivity index (χ3n) is 4.95. The molecule has 0 heterocycles. The zero-order valence-corrected chi connectivity index (χ0v) is 15.7. The van der Waals surface area contributed by atoms with Gasteiger partial charge in [0.2, 0.25) is 0 Å². The van der Waals surface area contributed by atoms with Gasteiger partial charge >= 0.3 is 5.97 Å². The van der Waals surface area contributed by atoms with E-state index in [-0.39, 0.29) is 18.5 Å². The fraction of sp³-hybridized carbons (Fsp3) is 0.381. The molecule has 0 radical (unpaired) electrons. The summed E-state index contributed by atoms with van der Waals surface area (Å²) in [6.07, 6.45) is 1.84. The quantitative estimate of drug-likeness (QED) is 0.309. The maximum absolute atomic E-state index is 11.7. The van der Waals surface area contributed by atoms with Gasteiger partial charge in [-0.05, 0) is 36.9 Å². The van der Waals surface area contributed by atoms with Crippen molar-refractivity contribution < 1.29 is 24.5 Å². The number of nitrogens with zero attached hydrogens (tertiary/aromatic N) is 2. The summed E-state index contributed by atoms with van der Waals surface area (Å²) in [7, 11) is 1.57. The van der Waals surface area contributed by atoms with Gasteiger partial charge in [0, 0.05) is 0 Å². The van der Waals surface area contributed by atoms with Crippen LogP contribution in [0.4, 0.5) is 0 Å². The average Bonchev–Trinajstić information content (AvgIpc) is 2.73. The average molecular weight is 384 g/mol. The Kier molecular flexibility index (Phi) is 7.10. The van der Waals surface area contributed by atoms with Crippen LogP contribution in [0.15, 0.2) is 53.7 Å².